The van der Waals surface area contributed by atoms with Crippen LogP contribution in [0.4, 0.5) is 0 Å². The van der Waals surface area contributed by atoms with Gasteiger partial charge in [-0.3, -0.25) is 0 Å². The Labute approximate surface area is 399 Å². The maximum atomic E-state index is 13.8. The molecule has 0 radical (unpaired) electrons. The van der Waals surface area contributed by atoms with Gasteiger partial charge in [-0.1, -0.05) is 253 Å². The van der Waals surface area contributed by atoms with E-state index in [4.69, 9.17) is 11.5 Å². The summed E-state index contributed by atoms with van der Waals surface area (Å²) in [5.74, 6) is 5.38. The standard InChI is InChI=1S/2C29H31NOS.Zn/c2*30-29(31)32(21-25-13-5-1-6-14-25,22-26-15-7-2-8-16-26,23-27-17-9-3-10-18-27)24-28-19-11-4-12-20-28;/h2*1-20,31H,21-24,30H2;/q;;+2/p-2. The molecule has 328 valence electrons. The normalized spacial score (nSPS) is 12.4. The Morgan fingerprint density at radius 2 is 0.354 bits per heavy atom. The molecule has 8 rings (SSSR count). The van der Waals surface area contributed by atoms with Gasteiger partial charge in [0.2, 0.25) is 0 Å². The molecule has 4 N–H and O–H groups in total. The quantitative estimate of drug-likeness (QED) is 0.0745. The van der Waals surface area contributed by atoms with E-state index in [1.807, 2.05) is 146 Å². The van der Waals surface area contributed by atoms with Gasteiger partial charge >= 0.3 is 19.5 Å². The Morgan fingerprint density at radius 3 is 0.446 bits per heavy atom. The van der Waals surface area contributed by atoms with Gasteiger partial charge in [0.1, 0.15) is 0 Å². The van der Waals surface area contributed by atoms with E-state index in [1.54, 1.807) is 0 Å². The summed E-state index contributed by atoms with van der Waals surface area (Å²) in [6.45, 7) is 0. The molecule has 0 aliphatic rings. The third-order valence-electron chi connectivity index (χ3n) is 12.2. The van der Waals surface area contributed by atoms with Gasteiger partial charge in [-0.25, -0.2) is 17.5 Å². The monoisotopic (exact) mass is 944 g/mol. The van der Waals surface area contributed by atoms with Crippen molar-refractivity contribution >= 4 is 27.8 Å². The van der Waals surface area contributed by atoms with E-state index in [9.17, 15) is 10.2 Å². The molecule has 0 atom stereocenters. The molecule has 0 spiro atoms. The van der Waals surface area contributed by atoms with Gasteiger partial charge in [-0.2, -0.15) is 0 Å². The minimum Gasteiger partial charge on any atom is -0.815 e. The van der Waals surface area contributed by atoms with Crippen molar-refractivity contribution < 1.29 is 29.7 Å². The molecule has 0 heterocycles. The second kappa shape index (κ2) is 22.7. The van der Waals surface area contributed by atoms with E-state index in [0.29, 0.717) is 46.0 Å². The molecule has 0 aliphatic carbocycles. The van der Waals surface area contributed by atoms with Crippen LogP contribution < -0.4 is 21.7 Å². The van der Waals surface area contributed by atoms with Crippen LogP contribution in [0.25, 0.3) is 0 Å². The smallest absolute Gasteiger partial charge is 0.815 e. The molecule has 65 heavy (non-hydrogen) atoms. The van der Waals surface area contributed by atoms with E-state index in [-0.39, 0.29) is 29.8 Å². The third-order valence-corrected chi connectivity index (χ3v) is 23.2. The van der Waals surface area contributed by atoms with Gasteiger partial charge < -0.3 is 21.7 Å². The molecule has 0 aliphatic heterocycles. The van der Waals surface area contributed by atoms with Gasteiger partial charge in [-0.15, -0.1) is 0 Å². The average molecular weight is 947 g/mol. The molecule has 7 heteroatoms. The summed E-state index contributed by atoms with van der Waals surface area (Å²) in [6.07, 6.45) is 0. The fourth-order valence-electron chi connectivity index (χ4n) is 9.27. The molecule has 0 bridgehead atoms. The molecule has 8 aromatic carbocycles. The number of benzene rings is 8. The zero-order valence-electron chi connectivity index (χ0n) is 37.2. The van der Waals surface area contributed by atoms with E-state index in [0.717, 1.165) is 44.5 Å². The third kappa shape index (κ3) is 12.5. The van der Waals surface area contributed by atoms with Crippen LogP contribution in [0.1, 0.15) is 44.5 Å². The molecule has 0 unspecified atom stereocenters. The molecule has 4 nitrogen and oxygen atoms in total. The molecule has 0 fully saturated rings. The summed E-state index contributed by atoms with van der Waals surface area (Å²) in [5.41, 5.74) is 22.3. The van der Waals surface area contributed by atoms with Gasteiger partial charge in [0.15, 0.2) is 0 Å². The zero-order chi connectivity index (χ0) is 44.6. The predicted molar refractivity (Wildman–Crippen MR) is 275 cm³/mol. The van der Waals surface area contributed by atoms with Crippen LogP contribution in [-0.4, -0.2) is 10.3 Å². The van der Waals surface area contributed by atoms with Crippen molar-refractivity contribution in [2.24, 2.45) is 11.5 Å². The first-order chi connectivity index (χ1) is 31.2. The van der Waals surface area contributed by atoms with Crippen LogP contribution >= 0.6 is 17.5 Å². The van der Waals surface area contributed by atoms with Crippen LogP contribution in [0, 0.1) is 0 Å². The molecule has 0 saturated carbocycles. The largest absolute Gasteiger partial charge is 2.00 e. The Hall–Kier alpha value is -5.34. The zero-order valence-corrected chi connectivity index (χ0v) is 41.8. The molecule has 0 saturated heterocycles. The maximum Gasteiger partial charge on any atom is 2.00 e. The summed E-state index contributed by atoms with van der Waals surface area (Å²) in [4.78, 5) is 0. The number of rotatable bonds is 16. The van der Waals surface area contributed by atoms with E-state index < -0.39 is 17.5 Å². The van der Waals surface area contributed by atoms with Crippen molar-refractivity contribution in [2.45, 2.75) is 46.0 Å². The minimum absolute atomic E-state index is 0. The molecular formula is C58H60N2O2S2Zn. The van der Waals surface area contributed by atoms with Crippen LogP contribution in [0.5, 0.6) is 0 Å². The number of hydrogen-bond donors (Lipinski definition) is 2. The van der Waals surface area contributed by atoms with E-state index in [2.05, 4.69) is 97.1 Å². The van der Waals surface area contributed by atoms with E-state index in [1.165, 1.54) is 0 Å². The van der Waals surface area contributed by atoms with Gasteiger partial charge in [0.25, 0.3) is 0 Å². The fourth-order valence-corrected chi connectivity index (χ4v) is 20.2. The van der Waals surface area contributed by atoms with Crippen molar-refractivity contribution in [3.05, 3.63) is 287 Å². The van der Waals surface area contributed by atoms with Crippen LogP contribution in [0.2, 0.25) is 0 Å². The summed E-state index contributed by atoms with van der Waals surface area (Å²) in [5, 5.41) is 27.4. The van der Waals surface area contributed by atoms with Crippen molar-refractivity contribution in [1.82, 2.24) is 0 Å². The first kappa shape index (κ1) is 49.1. The average Bonchev–Trinajstić information content (AvgIpc) is 3.32. The number of nitrogens with two attached hydrogens (primary N) is 2. The van der Waals surface area contributed by atoms with Gasteiger partial charge in [-0.05, 0) is 44.5 Å². The van der Waals surface area contributed by atoms with Crippen molar-refractivity contribution in [3.63, 3.8) is 0 Å². The maximum absolute atomic E-state index is 13.8. The van der Waals surface area contributed by atoms with Gasteiger partial charge in [0, 0.05) is 46.0 Å². The summed E-state index contributed by atoms with van der Waals surface area (Å²) < 4.78 is 0. The van der Waals surface area contributed by atoms with Crippen LogP contribution in [-0.2, 0) is 65.5 Å². The fraction of sp³-hybridized carbons (Fsp3) is 0.138. The van der Waals surface area contributed by atoms with Crippen molar-refractivity contribution in [1.29, 1.82) is 0 Å². The summed E-state index contributed by atoms with van der Waals surface area (Å²) >= 11 is 0. The number of hydrogen-bond acceptors (Lipinski definition) is 2. The topological polar surface area (TPSA) is 98.2 Å². The SMILES string of the molecule is NC([O-])=S(Cc1ccccc1)(Cc1ccccc1)(Cc1ccccc1)Cc1ccccc1.NC([O-])=S(Cc1ccccc1)(Cc1ccccc1)(Cc1ccccc1)Cc1ccccc1.[Zn+2]. The predicted octanol–water partition coefficient (Wildman–Crippen LogP) is 11.1. The summed E-state index contributed by atoms with van der Waals surface area (Å²) in [6, 6.07) is 82.9. The van der Waals surface area contributed by atoms with E-state index >= 15 is 0 Å². The second-order valence-corrected chi connectivity index (χ2v) is 27.6. The first-order valence-electron chi connectivity index (χ1n) is 21.8. The molecular weight excluding hydrogens is 886 g/mol. The van der Waals surface area contributed by atoms with Crippen molar-refractivity contribution in [3.8, 4) is 0 Å². The Balaban J connectivity index is 0.000000212. The Bertz CT molecular complexity index is 2230. The van der Waals surface area contributed by atoms with Crippen LogP contribution in [0.3, 0.4) is 0 Å². The Morgan fingerprint density at radius 1 is 0.246 bits per heavy atom. The second-order valence-electron chi connectivity index (χ2n) is 17.3. The van der Waals surface area contributed by atoms with Crippen molar-refractivity contribution in [2.75, 3.05) is 0 Å². The Kier molecular flexibility index (Phi) is 17.2. The molecule has 0 amide bonds. The first-order valence-corrected chi connectivity index (χ1v) is 27.3. The van der Waals surface area contributed by atoms with Gasteiger partial charge in [0.05, 0.1) is 0 Å². The summed E-state index contributed by atoms with van der Waals surface area (Å²) in [7, 11) is -5.84. The molecule has 8 aromatic rings. The molecule has 0 aromatic heterocycles. The van der Waals surface area contributed by atoms with Crippen LogP contribution in [0.15, 0.2) is 243 Å². The minimum atomic E-state index is -2.92.